The number of Topliss-reactive ketones (excluding diaryl/α,β-unsaturated/α-hetero) is 2. The van der Waals surface area contributed by atoms with E-state index < -0.39 is 66.3 Å². The topological polar surface area (TPSA) is 192 Å². The van der Waals surface area contributed by atoms with Gasteiger partial charge >= 0.3 is 25.0 Å². The Morgan fingerprint density at radius 2 is 2.02 bits per heavy atom. The molecule has 0 saturated carbocycles. The maximum absolute atomic E-state index is 14.9. The number of hydrogen-bond donors (Lipinski definition) is 4. The van der Waals surface area contributed by atoms with Crippen molar-refractivity contribution in [2.45, 2.75) is 38.0 Å². The lowest BCUT2D eigenvalue weighted by molar-refractivity contribution is -0.153. The molecule has 41 heavy (non-hydrogen) atoms. The van der Waals surface area contributed by atoms with Crippen molar-refractivity contribution in [2.24, 2.45) is 5.73 Å². The molecule has 0 bridgehead atoms. The summed E-state index contributed by atoms with van der Waals surface area (Å²) in [6.45, 7) is 1.78. The van der Waals surface area contributed by atoms with Gasteiger partial charge in [0.1, 0.15) is 23.2 Å². The number of aromatic nitrogens is 1. The Kier molecular flexibility index (Phi) is 8.98. The van der Waals surface area contributed by atoms with Crippen LogP contribution in [0.5, 0.6) is 11.5 Å². The van der Waals surface area contributed by atoms with Gasteiger partial charge in [0.25, 0.3) is 0 Å². The zero-order valence-electron chi connectivity index (χ0n) is 22.2. The van der Waals surface area contributed by atoms with E-state index in [1.165, 1.54) is 11.8 Å². The first kappa shape index (κ1) is 29.6. The summed E-state index contributed by atoms with van der Waals surface area (Å²) in [5.74, 6) is -5.34. The first-order valence-electron chi connectivity index (χ1n) is 13.0. The molecule has 15 heteroatoms. The average molecular weight is 569 g/mol. The molecule has 2 aliphatic heterocycles. The molecule has 0 unspecified atom stereocenters. The fourth-order valence-electron chi connectivity index (χ4n) is 4.83. The van der Waals surface area contributed by atoms with Gasteiger partial charge in [-0.1, -0.05) is 12.1 Å². The van der Waals surface area contributed by atoms with Crippen molar-refractivity contribution in [1.29, 1.82) is 0 Å². The van der Waals surface area contributed by atoms with Crippen LogP contribution in [0, 0.1) is 5.82 Å². The number of fused-ring (bicyclic) bond motifs is 1. The van der Waals surface area contributed by atoms with Crippen molar-refractivity contribution in [3.8, 4) is 11.5 Å². The number of rotatable bonds is 9. The summed E-state index contributed by atoms with van der Waals surface area (Å²) in [5.41, 5.74) is 5.77. The first-order valence-corrected chi connectivity index (χ1v) is 13.0. The minimum absolute atomic E-state index is 0.0513. The second-order valence-electron chi connectivity index (χ2n) is 9.83. The van der Waals surface area contributed by atoms with Crippen LogP contribution in [0.2, 0.25) is 5.82 Å². The number of aromatic hydroxyl groups is 1. The molecule has 1 fully saturated rings. The van der Waals surface area contributed by atoms with Crippen LogP contribution in [-0.4, -0.2) is 87.6 Å². The molecular weight excluding hydrogens is 540 g/mol. The Morgan fingerprint density at radius 3 is 2.71 bits per heavy atom. The summed E-state index contributed by atoms with van der Waals surface area (Å²) < 4.78 is 20.4. The SMILES string of the molecule is CC(=O)c1cccc2c1OB(O)[C@@H](CC(=O)[C@H](NC(=O)N1CCN(CCCN)C(=O)C1=O)c1ncc(O)cc1F)C2. The van der Waals surface area contributed by atoms with E-state index in [1.807, 2.05) is 0 Å². The molecule has 1 saturated heterocycles. The smallest absolute Gasteiger partial charge is 0.526 e. The van der Waals surface area contributed by atoms with Crippen molar-refractivity contribution in [1.82, 2.24) is 20.1 Å². The second kappa shape index (κ2) is 12.4. The number of ketones is 2. The number of urea groups is 1. The highest BCUT2D eigenvalue weighted by atomic mass is 19.1. The van der Waals surface area contributed by atoms with Crippen LogP contribution in [0.1, 0.15) is 47.4 Å². The van der Waals surface area contributed by atoms with Crippen LogP contribution in [0.3, 0.4) is 0 Å². The molecule has 1 aromatic heterocycles. The van der Waals surface area contributed by atoms with Crippen molar-refractivity contribution >= 4 is 36.5 Å². The number of carbonyl (C=O) groups excluding carboxylic acids is 5. The molecule has 2 aliphatic rings. The van der Waals surface area contributed by atoms with Gasteiger partial charge in [-0.25, -0.2) is 9.18 Å². The van der Waals surface area contributed by atoms with E-state index in [0.29, 0.717) is 29.5 Å². The lowest BCUT2D eigenvalue weighted by atomic mass is 9.64. The Balaban J connectivity index is 1.55. The minimum atomic E-state index is -1.74. The van der Waals surface area contributed by atoms with Crippen molar-refractivity contribution in [2.75, 3.05) is 26.2 Å². The molecule has 13 nitrogen and oxygen atoms in total. The molecule has 4 rings (SSSR count). The maximum atomic E-state index is 14.9. The summed E-state index contributed by atoms with van der Waals surface area (Å²) in [7, 11) is -1.50. The highest BCUT2D eigenvalue weighted by Gasteiger charge is 2.41. The van der Waals surface area contributed by atoms with Crippen LogP contribution in [0.15, 0.2) is 30.5 Å². The normalized spacial score (nSPS) is 17.6. The molecule has 4 amide bonds. The van der Waals surface area contributed by atoms with Crippen molar-refractivity contribution in [3.63, 3.8) is 0 Å². The highest BCUT2D eigenvalue weighted by Crippen LogP contribution is 2.37. The first-order chi connectivity index (χ1) is 19.5. The van der Waals surface area contributed by atoms with Crippen LogP contribution in [0.25, 0.3) is 0 Å². The third kappa shape index (κ3) is 6.36. The Bertz CT molecular complexity index is 1390. The third-order valence-electron chi connectivity index (χ3n) is 6.97. The predicted molar refractivity (Wildman–Crippen MR) is 141 cm³/mol. The minimum Gasteiger partial charge on any atom is -0.535 e. The van der Waals surface area contributed by atoms with E-state index in [0.717, 1.165) is 6.20 Å². The molecule has 0 radical (unpaired) electrons. The Morgan fingerprint density at radius 1 is 1.27 bits per heavy atom. The predicted octanol–water partition coefficient (Wildman–Crippen LogP) is 0.344. The lowest BCUT2D eigenvalue weighted by Crippen LogP contribution is -2.59. The molecular formula is C26H29BFN5O8. The van der Waals surface area contributed by atoms with Gasteiger partial charge in [0.05, 0.1) is 11.8 Å². The average Bonchev–Trinajstić information content (AvgIpc) is 2.92. The Labute approximate surface area is 234 Å². The molecule has 1 aromatic carbocycles. The standard InChI is InChI=1S/C26H29BFN5O8/c1-14(34)18-5-2-4-15-10-16(27(40)41-23(15)18)11-20(36)22(21-19(28)12-17(35)13-30-21)31-26(39)33-9-8-32(7-3-6-29)24(37)25(33)38/h2,4-5,12-13,16,22,35,40H,3,6-11,29H2,1H3,(H,31,39)/t16-,22+/m1/s1. The molecule has 0 aliphatic carbocycles. The number of para-hydroxylation sites is 1. The largest absolute Gasteiger partial charge is 0.535 e. The second-order valence-corrected chi connectivity index (χ2v) is 9.83. The van der Waals surface area contributed by atoms with E-state index in [4.69, 9.17) is 10.4 Å². The van der Waals surface area contributed by atoms with Crippen LogP contribution in [0.4, 0.5) is 9.18 Å². The number of nitrogens with one attached hydrogen (secondary N) is 1. The van der Waals surface area contributed by atoms with Gasteiger partial charge in [-0.05, 0) is 37.9 Å². The quantitative estimate of drug-likeness (QED) is 0.186. The van der Waals surface area contributed by atoms with E-state index in [9.17, 15) is 38.5 Å². The van der Waals surface area contributed by atoms with Crippen molar-refractivity contribution in [3.05, 3.63) is 53.1 Å². The summed E-state index contributed by atoms with van der Waals surface area (Å²) in [5, 5.41) is 22.5. The molecule has 0 spiro atoms. The number of piperazine rings is 1. The van der Waals surface area contributed by atoms with E-state index in [1.54, 1.807) is 18.2 Å². The van der Waals surface area contributed by atoms with Crippen LogP contribution in [-0.2, 0) is 20.8 Å². The number of pyridine rings is 1. The monoisotopic (exact) mass is 569 g/mol. The number of halogens is 1. The molecule has 3 heterocycles. The number of benzene rings is 1. The third-order valence-corrected chi connectivity index (χ3v) is 6.97. The summed E-state index contributed by atoms with van der Waals surface area (Å²) in [6.07, 6.45) is 1.06. The maximum Gasteiger partial charge on any atom is 0.526 e. The Hall–Kier alpha value is -4.37. The van der Waals surface area contributed by atoms with Gasteiger partial charge in [-0.15, -0.1) is 0 Å². The number of nitrogens with zero attached hydrogens (tertiary/aromatic N) is 3. The number of hydrogen-bond acceptors (Lipinski definition) is 10. The summed E-state index contributed by atoms with van der Waals surface area (Å²) >= 11 is 0. The number of imide groups is 1. The summed E-state index contributed by atoms with van der Waals surface area (Å²) in [6, 6.07) is 2.72. The van der Waals surface area contributed by atoms with Gasteiger partial charge in [0, 0.05) is 37.9 Å². The van der Waals surface area contributed by atoms with Crippen molar-refractivity contribution < 1.29 is 43.1 Å². The molecule has 5 N–H and O–H groups in total. The molecule has 216 valence electrons. The van der Waals surface area contributed by atoms with Gasteiger partial charge in [-0.2, -0.15) is 0 Å². The summed E-state index contributed by atoms with van der Waals surface area (Å²) in [4.78, 5) is 69.4. The van der Waals surface area contributed by atoms with Gasteiger partial charge in [0.2, 0.25) is 0 Å². The molecule has 2 atom stereocenters. The van der Waals surface area contributed by atoms with E-state index in [2.05, 4.69) is 10.3 Å². The zero-order chi connectivity index (χ0) is 29.8. The highest BCUT2D eigenvalue weighted by molar-refractivity contribution is 6.47. The fraction of sp³-hybridized carbons (Fsp3) is 0.385. The van der Waals surface area contributed by atoms with Gasteiger partial charge in [0.15, 0.2) is 17.4 Å². The number of nitrogens with two attached hydrogens (primary N) is 1. The van der Waals surface area contributed by atoms with Crippen LogP contribution < -0.4 is 15.7 Å². The van der Waals surface area contributed by atoms with Gasteiger partial charge < -0.3 is 30.7 Å². The zero-order valence-corrected chi connectivity index (χ0v) is 22.2. The fourth-order valence-corrected chi connectivity index (χ4v) is 4.83. The van der Waals surface area contributed by atoms with Crippen LogP contribution >= 0.6 is 0 Å². The van der Waals surface area contributed by atoms with E-state index >= 15 is 0 Å². The number of amides is 4. The van der Waals surface area contributed by atoms with E-state index in [-0.39, 0.29) is 43.2 Å². The lowest BCUT2D eigenvalue weighted by Gasteiger charge is -2.33. The molecule has 2 aromatic rings. The number of carbonyl (C=O) groups is 5. The van der Waals surface area contributed by atoms with Gasteiger partial charge in [-0.3, -0.25) is 29.1 Å².